The number of anilines is 1. The first-order chi connectivity index (χ1) is 15.7. The predicted octanol–water partition coefficient (Wildman–Crippen LogP) is 4.75. The van der Waals surface area contributed by atoms with Gasteiger partial charge in [-0.1, -0.05) is 0 Å². The Labute approximate surface area is 187 Å². The van der Waals surface area contributed by atoms with Crippen LogP contribution >= 0.6 is 11.3 Å². The number of pyridine rings is 3. The quantitative estimate of drug-likeness (QED) is 0.412. The largest absolute Gasteiger partial charge is 0.376 e. The molecule has 0 saturated heterocycles. The number of aromatic nitrogens is 7. The summed E-state index contributed by atoms with van der Waals surface area (Å²) in [6, 6.07) is 8.18. The van der Waals surface area contributed by atoms with Gasteiger partial charge in [-0.05, 0) is 40.6 Å². The van der Waals surface area contributed by atoms with Crippen LogP contribution in [0.15, 0.2) is 59.8 Å². The van der Waals surface area contributed by atoms with Crippen LogP contribution in [0.5, 0.6) is 0 Å². The number of nitrogens with one attached hydrogen (secondary N) is 2. The first-order valence-electron chi connectivity index (χ1n) is 10.0. The van der Waals surface area contributed by atoms with Crippen molar-refractivity contribution in [2.45, 2.75) is 0 Å². The highest BCUT2D eigenvalue weighted by Gasteiger charge is 2.17. The van der Waals surface area contributed by atoms with Crippen molar-refractivity contribution in [2.24, 2.45) is 0 Å². The van der Waals surface area contributed by atoms with Crippen LogP contribution in [0.3, 0.4) is 0 Å². The van der Waals surface area contributed by atoms with Crippen molar-refractivity contribution >= 4 is 39.1 Å². The lowest BCUT2D eigenvalue weighted by molar-refractivity contribution is 1.10. The van der Waals surface area contributed by atoms with E-state index in [1.807, 2.05) is 43.5 Å². The van der Waals surface area contributed by atoms with Crippen LogP contribution in [0.4, 0.5) is 5.69 Å². The van der Waals surface area contributed by atoms with E-state index in [0.717, 1.165) is 50.2 Å². The molecule has 2 N–H and O–H groups in total. The van der Waals surface area contributed by atoms with Gasteiger partial charge in [-0.25, -0.2) is 9.97 Å². The molecule has 6 aromatic rings. The lowest BCUT2D eigenvalue weighted by Gasteiger charge is -2.12. The second kappa shape index (κ2) is 7.24. The molecule has 156 valence electrons. The molecular weight excluding hydrogens is 420 g/mol. The summed E-state index contributed by atoms with van der Waals surface area (Å²) in [7, 11) is 3.98. The van der Waals surface area contributed by atoms with E-state index in [2.05, 4.69) is 53.0 Å². The SMILES string of the molecule is CN(C)c1cncc(-c2cc3c(-c4nc5nccc(-c6ccsc6)c5[nH]4)n[nH]c3cn2)c1. The van der Waals surface area contributed by atoms with Crippen LogP contribution in [-0.4, -0.2) is 49.2 Å². The van der Waals surface area contributed by atoms with E-state index in [-0.39, 0.29) is 0 Å². The summed E-state index contributed by atoms with van der Waals surface area (Å²) >= 11 is 1.66. The van der Waals surface area contributed by atoms with Crippen LogP contribution in [0.25, 0.3) is 56.0 Å². The summed E-state index contributed by atoms with van der Waals surface area (Å²) in [5.41, 5.74) is 8.13. The molecule has 0 aliphatic carbocycles. The van der Waals surface area contributed by atoms with E-state index in [4.69, 9.17) is 4.98 Å². The number of rotatable bonds is 4. The van der Waals surface area contributed by atoms with E-state index in [9.17, 15) is 0 Å². The molecular formula is C23H18N8S. The minimum absolute atomic E-state index is 0.664. The minimum Gasteiger partial charge on any atom is -0.376 e. The average Bonchev–Trinajstić information content (AvgIpc) is 3.57. The van der Waals surface area contributed by atoms with E-state index in [1.165, 1.54) is 0 Å². The first kappa shape index (κ1) is 18.6. The zero-order valence-electron chi connectivity index (χ0n) is 17.4. The Balaban J connectivity index is 1.49. The topological polar surface area (TPSA) is 99.3 Å². The highest BCUT2D eigenvalue weighted by atomic mass is 32.1. The van der Waals surface area contributed by atoms with E-state index >= 15 is 0 Å². The van der Waals surface area contributed by atoms with Gasteiger partial charge in [0, 0.05) is 43.0 Å². The Bertz CT molecular complexity index is 1560. The molecule has 0 aliphatic heterocycles. The van der Waals surface area contributed by atoms with Crippen molar-refractivity contribution in [1.82, 2.24) is 35.1 Å². The van der Waals surface area contributed by atoms with Gasteiger partial charge in [0.2, 0.25) is 0 Å². The normalized spacial score (nSPS) is 11.4. The van der Waals surface area contributed by atoms with E-state index in [1.54, 1.807) is 23.7 Å². The second-order valence-corrected chi connectivity index (χ2v) is 8.45. The van der Waals surface area contributed by atoms with Crippen molar-refractivity contribution in [3.05, 3.63) is 59.8 Å². The number of hydrogen-bond acceptors (Lipinski definition) is 7. The summed E-state index contributed by atoms with van der Waals surface area (Å²) in [6.45, 7) is 0. The summed E-state index contributed by atoms with van der Waals surface area (Å²) in [5, 5.41) is 12.7. The molecule has 9 heteroatoms. The summed E-state index contributed by atoms with van der Waals surface area (Å²) in [6.07, 6.45) is 7.23. The number of thiophene rings is 1. The number of hydrogen-bond donors (Lipinski definition) is 2. The van der Waals surface area contributed by atoms with Gasteiger partial charge in [0.05, 0.1) is 34.8 Å². The molecule has 6 heterocycles. The zero-order valence-corrected chi connectivity index (χ0v) is 18.2. The molecule has 0 fully saturated rings. The van der Waals surface area contributed by atoms with Gasteiger partial charge in [-0.15, -0.1) is 0 Å². The third-order valence-electron chi connectivity index (χ3n) is 5.43. The summed E-state index contributed by atoms with van der Waals surface area (Å²) in [5.74, 6) is 0.666. The van der Waals surface area contributed by atoms with Crippen LogP contribution in [0.1, 0.15) is 0 Å². The number of imidazole rings is 1. The fourth-order valence-electron chi connectivity index (χ4n) is 3.75. The van der Waals surface area contributed by atoms with Crippen LogP contribution < -0.4 is 4.90 Å². The smallest absolute Gasteiger partial charge is 0.178 e. The lowest BCUT2D eigenvalue weighted by atomic mass is 10.1. The molecule has 0 spiro atoms. The summed E-state index contributed by atoms with van der Waals surface area (Å²) < 4.78 is 0. The number of aromatic amines is 2. The average molecular weight is 439 g/mol. The van der Waals surface area contributed by atoms with Gasteiger partial charge < -0.3 is 9.88 Å². The molecule has 0 aromatic carbocycles. The molecule has 0 bridgehead atoms. The van der Waals surface area contributed by atoms with Crippen LogP contribution in [0, 0.1) is 0 Å². The summed E-state index contributed by atoms with van der Waals surface area (Å²) in [4.78, 5) is 23.6. The highest BCUT2D eigenvalue weighted by Crippen LogP contribution is 2.32. The molecule has 6 rings (SSSR count). The Hall–Kier alpha value is -4.11. The van der Waals surface area contributed by atoms with Crippen molar-refractivity contribution < 1.29 is 0 Å². The van der Waals surface area contributed by atoms with E-state index in [0.29, 0.717) is 11.5 Å². The van der Waals surface area contributed by atoms with Crippen molar-refractivity contribution in [2.75, 3.05) is 19.0 Å². The van der Waals surface area contributed by atoms with Crippen molar-refractivity contribution in [1.29, 1.82) is 0 Å². The Kier molecular flexibility index (Phi) is 4.22. The Morgan fingerprint density at radius 3 is 2.78 bits per heavy atom. The zero-order chi connectivity index (χ0) is 21.7. The second-order valence-electron chi connectivity index (χ2n) is 7.67. The molecule has 6 aromatic heterocycles. The lowest BCUT2D eigenvalue weighted by Crippen LogP contribution is -2.08. The maximum atomic E-state index is 4.73. The molecule has 8 nitrogen and oxygen atoms in total. The Morgan fingerprint density at radius 2 is 1.94 bits per heavy atom. The van der Waals surface area contributed by atoms with Gasteiger partial charge in [0.25, 0.3) is 0 Å². The molecule has 0 radical (unpaired) electrons. The minimum atomic E-state index is 0.664. The van der Waals surface area contributed by atoms with Gasteiger partial charge in [-0.2, -0.15) is 16.4 Å². The number of fused-ring (bicyclic) bond motifs is 2. The predicted molar refractivity (Wildman–Crippen MR) is 128 cm³/mol. The standard InChI is InChI=1S/C23H18N8S/c1-31(2)15-7-14(9-24-10-15)18-8-17-19(11-26-18)29-30-21(17)23-27-20-16(13-4-6-32-12-13)3-5-25-22(20)28-23/h3-12H,1-2H3,(H,29,30)(H,25,27,28). The first-order valence-corrected chi connectivity index (χ1v) is 11.0. The third kappa shape index (κ3) is 3.02. The molecule has 0 amide bonds. The maximum Gasteiger partial charge on any atom is 0.178 e. The molecule has 0 saturated carbocycles. The number of nitrogens with zero attached hydrogens (tertiary/aromatic N) is 6. The molecule has 0 atom stereocenters. The van der Waals surface area contributed by atoms with Gasteiger partial charge in [0.15, 0.2) is 11.5 Å². The van der Waals surface area contributed by atoms with Gasteiger partial charge in [-0.3, -0.25) is 15.1 Å². The van der Waals surface area contributed by atoms with E-state index < -0.39 is 0 Å². The highest BCUT2D eigenvalue weighted by molar-refractivity contribution is 7.08. The number of H-pyrrole nitrogens is 2. The van der Waals surface area contributed by atoms with Crippen molar-refractivity contribution in [3.8, 4) is 33.9 Å². The molecule has 0 unspecified atom stereocenters. The monoisotopic (exact) mass is 438 g/mol. The van der Waals surface area contributed by atoms with Crippen LogP contribution in [0.2, 0.25) is 0 Å². The van der Waals surface area contributed by atoms with Gasteiger partial charge >= 0.3 is 0 Å². The molecule has 32 heavy (non-hydrogen) atoms. The maximum absolute atomic E-state index is 4.73. The third-order valence-corrected chi connectivity index (χ3v) is 6.12. The fraction of sp³-hybridized carbons (Fsp3) is 0.0870. The Morgan fingerprint density at radius 1 is 1.00 bits per heavy atom. The fourth-order valence-corrected chi connectivity index (χ4v) is 4.40. The molecule has 0 aliphatic rings. The van der Waals surface area contributed by atoms with Crippen molar-refractivity contribution in [3.63, 3.8) is 0 Å². The van der Waals surface area contributed by atoms with Crippen LogP contribution in [-0.2, 0) is 0 Å². The van der Waals surface area contributed by atoms with Gasteiger partial charge in [0.1, 0.15) is 5.69 Å².